The van der Waals surface area contributed by atoms with Gasteiger partial charge in [0.05, 0.1) is 23.9 Å². The minimum atomic E-state index is -4.05. The van der Waals surface area contributed by atoms with E-state index >= 15 is 0 Å². The molecule has 0 saturated heterocycles. The molecule has 1 aliphatic heterocycles. The van der Waals surface area contributed by atoms with Crippen molar-refractivity contribution in [3.05, 3.63) is 29.3 Å². The number of hydrogen-bond acceptors (Lipinski definition) is 6. The van der Waals surface area contributed by atoms with Crippen LogP contribution in [-0.2, 0) is 9.30 Å². The predicted octanol–water partition coefficient (Wildman–Crippen LogP) is 3.52. The standard InChI is InChI=1S/C20H30N3O6P/c1-5-29-19(25)23-13(2)15-10-9-14(12-16(15)22-18(21)20(23,3)4)17(24)8-6-7-11-30(26,27)28/h9-10,12-13H,5-8,11H2,1-4H3,(H2,21,22)(H2,26,27,28). The van der Waals surface area contributed by atoms with Gasteiger partial charge in [-0.15, -0.1) is 0 Å². The molecule has 0 spiro atoms. The molecular weight excluding hydrogens is 409 g/mol. The van der Waals surface area contributed by atoms with Crippen LogP contribution in [0.25, 0.3) is 0 Å². The summed E-state index contributed by atoms with van der Waals surface area (Å²) in [6.45, 7) is 7.40. The Morgan fingerprint density at radius 2 is 1.97 bits per heavy atom. The zero-order chi connectivity index (χ0) is 22.7. The number of fused-ring (bicyclic) bond motifs is 1. The van der Waals surface area contributed by atoms with Crippen LogP contribution in [0.4, 0.5) is 10.5 Å². The van der Waals surface area contributed by atoms with Crippen molar-refractivity contribution >= 4 is 31.0 Å². The smallest absolute Gasteiger partial charge is 0.411 e. The van der Waals surface area contributed by atoms with Crippen molar-refractivity contribution in [1.82, 2.24) is 4.90 Å². The van der Waals surface area contributed by atoms with Crippen molar-refractivity contribution in [3.8, 4) is 0 Å². The van der Waals surface area contributed by atoms with E-state index in [9.17, 15) is 14.2 Å². The monoisotopic (exact) mass is 439 g/mol. The van der Waals surface area contributed by atoms with Gasteiger partial charge in [-0.2, -0.15) is 0 Å². The van der Waals surface area contributed by atoms with Gasteiger partial charge in [0.25, 0.3) is 0 Å². The Kier molecular flexibility index (Phi) is 7.45. The second kappa shape index (κ2) is 9.29. The third kappa shape index (κ3) is 5.47. The molecule has 1 aromatic rings. The number of rotatable bonds is 7. The molecule has 0 radical (unpaired) electrons. The summed E-state index contributed by atoms with van der Waals surface area (Å²) in [7, 11) is -4.05. The summed E-state index contributed by atoms with van der Waals surface area (Å²) in [6, 6.07) is 4.70. The summed E-state index contributed by atoms with van der Waals surface area (Å²) in [5.74, 6) is 0.0862. The van der Waals surface area contributed by atoms with Crippen molar-refractivity contribution in [2.75, 3.05) is 12.8 Å². The summed E-state index contributed by atoms with van der Waals surface area (Å²) in [4.78, 5) is 49.0. The number of amidine groups is 1. The molecule has 30 heavy (non-hydrogen) atoms. The Bertz CT molecular complexity index is 893. The number of amides is 1. The van der Waals surface area contributed by atoms with Crippen molar-refractivity contribution in [1.29, 1.82) is 0 Å². The molecule has 1 aliphatic rings. The number of unbranched alkanes of at least 4 members (excludes halogenated alkanes) is 1. The van der Waals surface area contributed by atoms with E-state index in [1.165, 1.54) is 0 Å². The average molecular weight is 439 g/mol. The highest BCUT2D eigenvalue weighted by Crippen LogP contribution is 2.39. The minimum absolute atomic E-state index is 0.143. The number of nitrogens with zero attached hydrogens (tertiary/aromatic N) is 2. The fourth-order valence-electron chi connectivity index (χ4n) is 3.51. The zero-order valence-electron chi connectivity index (χ0n) is 17.8. The zero-order valence-corrected chi connectivity index (χ0v) is 18.7. The first-order valence-electron chi connectivity index (χ1n) is 9.91. The molecule has 4 N–H and O–H groups in total. The Labute approximate surface area is 176 Å². The van der Waals surface area contributed by atoms with E-state index < -0.39 is 19.2 Å². The van der Waals surface area contributed by atoms with E-state index in [0.29, 0.717) is 17.7 Å². The highest BCUT2D eigenvalue weighted by atomic mass is 31.2. The van der Waals surface area contributed by atoms with Crippen LogP contribution in [0.3, 0.4) is 0 Å². The fourth-order valence-corrected chi connectivity index (χ4v) is 4.14. The number of benzene rings is 1. The van der Waals surface area contributed by atoms with Gasteiger partial charge in [0.1, 0.15) is 5.84 Å². The van der Waals surface area contributed by atoms with E-state index in [2.05, 4.69) is 4.99 Å². The van der Waals surface area contributed by atoms with Gasteiger partial charge in [-0.1, -0.05) is 12.1 Å². The first-order valence-corrected chi connectivity index (χ1v) is 11.7. The van der Waals surface area contributed by atoms with Crippen LogP contribution in [0.15, 0.2) is 23.2 Å². The lowest BCUT2D eigenvalue weighted by molar-refractivity contribution is 0.0661. The second-order valence-electron chi connectivity index (χ2n) is 7.84. The lowest BCUT2D eigenvalue weighted by Gasteiger charge is -2.39. The van der Waals surface area contributed by atoms with Gasteiger partial charge in [-0.05, 0) is 46.6 Å². The van der Waals surface area contributed by atoms with Crippen LogP contribution in [0.5, 0.6) is 0 Å². The lowest BCUT2D eigenvalue weighted by atomic mass is 9.96. The molecule has 166 valence electrons. The van der Waals surface area contributed by atoms with Crippen LogP contribution >= 0.6 is 7.60 Å². The molecule has 0 saturated carbocycles. The molecule has 1 amide bonds. The number of carbonyl (C=O) groups excluding carboxylic acids is 2. The van der Waals surface area contributed by atoms with E-state index in [-0.39, 0.29) is 43.3 Å². The first-order chi connectivity index (χ1) is 13.9. The largest absolute Gasteiger partial charge is 0.450 e. The molecule has 2 rings (SSSR count). The molecule has 1 heterocycles. The Morgan fingerprint density at radius 1 is 1.30 bits per heavy atom. The Morgan fingerprint density at radius 3 is 2.57 bits per heavy atom. The average Bonchev–Trinajstić information content (AvgIpc) is 2.70. The molecule has 0 fully saturated rings. The normalized spacial score (nSPS) is 18.3. The van der Waals surface area contributed by atoms with Crippen LogP contribution in [0, 0.1) is 0 Å². The number of aliphatic imine (C=N–C) groups is 1. The SMILES string of the molecule is CCOC(=O)N1C(C)c2ccc(C(=O)CCCCP(=O)(O)O)cc2N=C(N)C1(C)C. The van der Waals surface area contributed by atoms with Gasteiger partial charge < -0.3 is 20.3 Å². The van der Waals surface area contributed by atoms with Crippen molar-refractivity contribution in [2.45, 2.75) is 58.5 Å². The van der Waals surface area contributed by atoms with Crippen LogP contribution in [-0.4, -0.2) is 50.7 Å². The summed E-state index contributed by atoms with van der Waals surface area (Å²) in [5.41, 5.74) is 7.03. The van der Waals surface area contributed by atoms with Gasteiger partial charge in [0, 0.05) is 23.7 Å². The molecular formula is C20H30N3O6P. The van der Waals surface area contributed by atoms with Gasteiger partial charge in [0.2, 0.25) is 0 Å². The van der Waals surface area contributed by atoms with Crippen LogP contribution < -0.4 is 5.73 Å². The number of Topliss-reactive ketones (excluding diaryl/α,β-unsaturated/α-hetero) is 1. The van der Waals surface area contributed by atoms with Crippen LogP contribution in [0.2, 0.25) is 0 Å². The van der Waals surface area contributed by atoms with Gasteiger partial charge in [-0.3, -0.25) is 14.3 Å². The first kappa shape index (κ1) is 24.1. The van der Waals surface area contributed by atoms with E-state index in [1.807, 2.05) is 6.92 Å². The topological polar surface area (TPSA) is 143 Å². The number of ether oxygens (including phenoxy) is 1. The molecule has 0 aromatic heterocycles. The number of nitrogens with two attached hydrogens (primary N) is 1. The molecule has 9 nitrogen and oxygen atoms in total. The molecule has 0 bridgehead atoms. The van der Waals surface area contributed by atoms with Crippen LogP contribution in [0.1, 0.15) is 68.9 Å². The molecule has 10 heteroatoms. The number of carbonyl (C=O) groups is 2. The molecule has 1 aromatic carbocycles. The molecule has 1 unspecified atom stereocenters. The van der Waals surface area contributed by atoms with Crippen molar-refractivity contribution in [2.24, 2.45) is 10.7 Å². The Hall–Kier alpha value is -2.22. The predicted molar refractivity (Wildman–Crippen MR) is 114 cm³/mol. The van der Waals surface area contributed by atoms with Gasteiger partial charge >= 0.3 is 13.7 Å². The maximum atomic E-state index is 12.6. The number of hydrogen-bond donors (Lipinski definition) is 3. The van der Waals surface area contributed by atoms with Gasteiger partial charge in [-0.25, -0.2) is 9.79 Å². The third-order valence-electron chi connectivity index (χ3n) is 5.23. The Balaban J connectivity index is 2.29. The summed E-state index contributed by atoms with van der Waals surface area (Å²) < 4.78 is 16.1. The third-order valence-corrected chi connectivity index (χ3v) is 6.13. The summed E-state index contributed by atoms with van der Waals surface area (Å²) in [6.07, 6.45) is 0.0969. The molecule has 1 atom stereocenters. The quantitative estimate of drug-likeness (QED) is 0.335. The van der Waals surface area contributed by atoms with Gasteiger partial charge in [0.15, 0.2) is 5.78 Å². The number of ketones is 1. The highest BCUT2D eigenvalue weighted by Gasteiger charge is 2.42. The van der Waals surface area contributed by atoms with E-state index in [1.54, 1.807) is 43.9 Å². The van der Waals surface area contributed by atoms with Crippen molar-refractivity contribution < 1.29 is 28.7 Å². The highest BCUT2D eigenvalue weighted by molar-refractivity contribution is 7.51. The maximum absolute atomic E-state index is 12.6. The van der Waals surface area contributed by atoms with Crippen molar-refractivity contribution in [3.63, 3.8) is 0 Å². The lowest BCUT2D eigenvalue weighted by Crippen LogP contribution is -2.56. The molecule has 0 aliphatic carbocycles. The van der Waals surface area contributed by atoms with E-state index in [0.717, 1.165) is 5.56 Å². The summed E-state index contributed by atoms with van der Waals surface area (Å²) >= 11 is 0. The summed E-state index contributed by atoms with van der Waals surface area (Å²) in [5, 5.41) is 0. The maximum Gasteiger partial charge on any atom is 0.411 e. The van der Waals surface area contributed by atoms with E-state index in [4.69, 9.17) is 20.3 Å². The fraction of sp³-hybridized carbons (Fsp3) is 0.550. The minimum Gasteiger partial charge on any atom is -0.450 e. The second-order valence-corrected chi connectivity index (χ2v) is 9.62.